The summed E-state index contributed by atoms with van der Waals surface area (Å²) >= 11 is 0.539. The van der Waals surface area contributed by atoms with E-state index < -0.39 is 11.4 Å². The van der Waals surface area contributed by atoms with E-state index in [1.807, 2.05) is 26.8 Å². The highest BCUT2D eigenvalue weighted by Crippen LogP contribution is 2.34. The summed E-state index contributed by atoms with van der Waals surface area (Å²) in [7, 11) is 0. The van der Waals surface area contributed by atoms with Crippen molar-refractivity contribution < 1.29 is 9.29 Å². The molecule has 0 saturated carbocycles. The summed E-state index contributed by atoms with van der Waals surface area (Å²) < 4.78 is 21.5. The lowest BCUT2D eigenvalue weighted by molar-refractivity contribution is 0.122. The fourth-order valence-corrected chi connectivity index (χ4v) is 5.35. The van der Waals surface area contributed by atoms with Crippen LogP contribution in [0.4, 0.5) is 5.69 Å². The SMILES string of the molecule is CC(C)(C)[S+]([O-])NC(c1ccc(N2CCOCC2)cc1)c1csc(-c2ccccc2)c1. The number of ether oxygens (including phenoxy) is 1. The molecule has 0 bridgehead atoms. The van der Waals surface area contributed by atoms with Gasteiger partial charge in [0.1, 0.15) is 10.8 Å². The van der Waals surface area contributed by atoms with E-state index in [4.69, 9.17) is 4.74 Å². The Bertz CT molecular complexity index is 961. The van der Waals surface area contributed by atoms with Crippen LogP contribution in [0.2, 0.25) is 0 Å². The van der Waals surface area contributed by atoms with Crippen molar-refractivity contribution in [1.82, 2.24) is 4.72 Å². The fraction of sp³-hybridized carbons (Fsp3) is 0.360. The lowest BCUT2D eigenvalue weighted by Gasteiger charge is -2.30. The molecule has 4 nitrogen and oxygen atoms in total. The van der Waals surface area contributed by atoms with Gasteiger partial charge in [-0.15, -0.1) is 16.1 Å². The van der Waals surface area contributed by atoms with Gasteiger partial charge in [-0.2, -0.15) is 0 Å². The highest BCUT2D eigenvalue weighted by atomic mass is 32.2. The second-order valence-electron chi connectivity index (χ2n) is 8.73. The average Bonchev–Trinajstić information content (AvgIpc) is 3.28. The van der Waals surface area contributed by atoms with Gasteiger partial charge in [-0.05, 0) is 61.0 Å². The van der Waals surface area contributed by atoms with Gasteiger partial charge in [0.15, 0.2) is 0 Å². The third kappa shape index (κ3) is 5.51. The maximum Gasteiger partial charge on any atom is 0.136 e. The Labute approximate surface area is 192 Å². The van der Waals surface area contributed by atoms with E-state index in [9.17, 15) is 4.55 Å². The van der Waals surface area contributed by atoms with Gasteiger partial charge >= 0.3 is 0 Å². The predicted octanol–water partition coefficient (Wildman–Crippen LogP) is 5.39. The van der Waals surface area contributed by atoms with Gasteiger partial charge in [0.2, 0.25) is 0 Å². The summed E-state index contributed by atoms with van der Waals surface area (Å²) in [6.45, 7) is 9.37. The zero-order chi connectivity index (χ0) is 21.8. The van der Waals surface area contributed by atoms with Crippen molar-refractivity contribution in [3.63, 3.8) is 0 Å². The lowest BCUT2D eigenvalue weighted by Crippen LogP contribution is -2.41. The number of nitrogens with zero attached hydrogens (tertiary/aromatic N) is 1. The molecule has 164 valence electrons. The minimum atomic E-state index is -1.19. The average molecular weight is 455 g/mol. The molecule has 1 aromatic heterocycles. The largest absolute Gasteiger partial charge is 0.598 e. The Hall–Kier alpha value is -1.83. The molecule has 3 aromatic rings. The molecule has 2 atom stereocenters. The van der Waals surface area contributed by atoms with Gasteiger partial charge in [-0.25, -0.2) is 0 Å². The Morgan fingerprint density at radius 1 is 1.00 bits per heavy atom. The Morgan fingerprint density at radius 3 is 2.32 bits per heavy atom. The van der Waals surface area contributed by atoms with Crippen LogP contribution in [0.5, 0.6) is 0 Å². The predicted molar refractivity (Wildman–Crippen MR) is 132 cm³/mol. The van der Waals surface area contributed by atoms with E-state index >= 15 is 0 Å². The molecule has 2 heterocycles. The molecule has 1 fully saturated rings. The molecule has 2 unspecified atom stereocenters. The van der Waals surface area contributed by atoms with Crippen LogP contribution in [-0.2, 0) is 16.1 Å². The van der Waals surface area contributed by atoms with E-state index in [1.165, 1.54) is 16.1 Å². The van der Waals surface area contributed by atoms with Crippen molar-refractivity contribution in [1.29, 1.82) is 0 Å². The molecule has 4 rings (SSSR count). The number of hydrogen-bond donors (Lipinski definition) is 1. The first-order valence-electron chi connectivity index (χ1n) is 10.7. The molecule has 2 aromatic carbocycles. The summed E-state index contributed by atoms with van der Waals surface area (Å²) in [4.78, 5) is 3.56. The smallest absolute Gasteiger partial charge is 0.136 e. The second-order valence-corrected chi connectivity index (χ2v) is 11.6. The fourth-order valence-electron chi connectivity index (χ4n) is 3.57. The first-order chi connectivity index (χ1) is 14.9. The zero-order valence-corrected chi connectivity index (χ0v) is 20.0. The van der Waals surface area contributed by atoms with Gasteiger partial charge in [0.05, 0.1) is 13.2 Å². The van der Waals surface area contributed by atoms with Gasteiger partial charge in [0.25, 0.3) is 0 Å². The molecule has 1 aliphatic rings. The summed E-state index contributed by atoms with van der Waals surface area (Å²) in [5.41, 5.74) is 4.67. The standard InChI is InChI=1S/C25H30N2O2S2/c1-25(2,3)31(28)26-24(21-17-23(30-18-21)19-7-5-4-6-8-19)20-9-11-22(12-10-20)27-13-15-29-16-14-27/h4-12,17-18,24,26H,13-16H2,1-3H3. The number of rotatable bonds is 6. The summed E-state index contributed by atoms with van der Waals surface area (Å²) in [6.07, 6.45) is 0. The monoisotopic (exact) mass is 454 g/mol. The Morgan fingerprint density at radius 2 is 1.68 bits per heavy atom. The van der Waals surface area contributed by atoms with E-state index in [0.717, 1.165) is 37.4 Å². The Balaban J connectivity index is 1.62. The first-order valence-corrected chi connectivity index (χ1v) is 12.7. The van der Waals surface area contributed by atoms with Gasteiger partial charge < -0.3 is 14.2 Å². The molecule has 1 saturated heterocycles. The number of thiophene rings is 1. The molecule has 31 heavy (non-hydrogen) atoms. The number of morpholine rings is 1. The van der Waals surface area contributed by atoms with Gasteiger partial charge in [-0.3, -0.25) is 0 Å². The highest BCUT2D eigenvalue weighted by Gasteiger charge is 2.31. The van der Waals surface area contributed by atoms with E-state index in [0.29, 0.717) is 0 Å². The number of benzene rings is 2. The van der Waals surface area contributed by atoms with E-state index in [1.54, 1.807) is 11.3 Å². The van der Waals surface area contributed by atoms with Crippen LogP contribution in [0.1, 0.15) is 37.9 Å². The van der Waals surface area contributed by atoms with Crippen molar-refractivity contribution in [2.45, 2.75) is 31.6 Å². The highest BCUT2D eigenvalue weighted by molar-refractivity contribution is 7.90. The normalized spacial score (nSPS) is 16.8. The summed E-state index contributed by atoms with van der Waals surface area (Å²) in [5.74, 6) is 0. The van der Waals surface area contributed by atoms with Crippen molar-refractivity contribution in [2.75, 3.05) is 31.2 Å². The summed E-state index contributed by atoms with van der Waals surface area (Å²) in [6, 6.07) is 21.1. The molecular formula is C25H30N2O2S2. The number of anilines is 1. The lowest BCUT2D eigenvalue weighted by atomic mass is 10.0. The summed E-state index contributed by atoms with van der Waals surface area (Å²) in [5, 5.41) is 2.18. The van der Waals surface area contributed by atoms with Crippen LogP contribution in [0.3, 0.4) is 0 Å². The van der Waals surface area contributed by atoms with Crippen LogP contribution in [0, 0.1) is 0 Å². The number of nitrogens with one attached hydrogen (secondary N) is 1. The van der Waals surface area contributed by atoms with Crippen molar-refractivity contribution >= 4 is 28.4 Å². The quantitative estimate of drug-likeness (QED) is 0.507. The van der Waals surface area contributed by atoms with E-state index in [-0.39, 0.29) is 10.8 Å². The number of hydrogen-bond acceptors (Lipinski definition) is 5. The second kappa shape index (κ2) is 9.76. The molecule has 0 radical (unpaired) electrons. The van der Waals surface area contributed by atoms with Crippen LogP contribution < -0.4 is 9.62 Å². The van der Waals surface area contributed by atoms with Crippen LogP contribution >= 0.6 is 11.3 Å². The molecule has 0 aliphatic carbocycles. The maximum atomic E-state index is 13.0. The maximum absolute atomic E-state index is 13.0. The Kier molecular flexibility index (Phi) is 7.04. The third-order valence-corrected chi connectivity index (χ3v) is 7.95. The molecule has 0 amide bonds. The molecular weight excluding hydrogens is 424 g/mol. The van der Waals surface area contributed by atoms with Gasteiger partial charge in [0, 0.05) is 35.0 Å². The van der Waals surface area contributed by atoms with Crippen LogP contribution in [-0.4, -0.2) is 35.6 Å². The molecule has 1 aliphatic heterocycles. The third-order valence-electron chi connectivity index (χ3n) is 5.40. The molecule has 0 spiro atoms. The van der Waals surface area contributed by atoms with Crippen molar-refractivity contribution in [2.24, 2.45) is 0 Å². The van der Waals surface area contributed by atoms with E-state index in [2.05, 4.69) is 69.6 Å². The molecule has 1 N–H and O–H groups in total. The van der Waals surface area contributed by atoms with Crippen LogP contribution in [0.15, 0.2) is 66.0 Å². The molecule has 6 heteroatoms. The zero-order valence-electron chi connectivity index (χ0n) is 18.3. The van der Waals surface area contributed by atoms with Crippen LogP contribution in [0.25, 0.3) is 10.4 Å². The van der Waals surface area contributed by atoms with Crippen molar-refractivity contribution in [3.05, 3.63) is 77.2 Å². The van der Waals surface area contributed by atoms with Crippen molar-refractivity contribution in [3.8, 4) is 10.4 Å². The topological polar surface area (TPSA) is 47.6 Å². The minimum Gasteiger partial charge on any atom is -0.598 e. The minimum absolute atomic E-state index is 0.132. The van der Waals surface area contributed by atoms with Gasteiger partial charge in [-0.1, -0.05) is 42.5 Å². The first kappa shape index (κ1) is 22.4.